The largest absolute Gasteiger partial charge is 0.457 e. The van der Waals surface area contributed by atoms with E-state index in [2.05, 4.69) is 5.32 Å². The molecule has 158 valence electrons. The van der Waals surface area contributed by atoms with Crippen LogP contribution in [-0.4, -0.2) is 23.9 Å². The number of Topliss-reactive ketones (excluding diaryl/α,β-unsaturated/α-hetero) is 1. The molecule has 0 bridgehead atoms. The summed E-state index contributed by atoms with van der Waals surface area (Å²) in [5.41, 5.74) is 1.47. The molecular formula is C22H21F2NO5. The number of ether oxygens (including phenoxy) is 2. The number of amides is 2. The Hall–Kier alpha value is -3.29. The normalized spacial score (nSPS) is 16.2. The number of rotatable bonds is 7. The first-order valence-corrected chi connectivity index (χ1v) is 9.43. The van der Waals surface area contributed by atoms with Gasteiger partial charge in [-0.05, 0) is 54.8 Å². The molecule has 2 amide bonds. The van der Waals surface area contributed by atoms with Gasteiger partial charge in [-0.15, -0.1) is 0 Å². The van der Waals surface area contributed by atoms with Crippen LogP contribution in [0.1, 0.15) is 47.8 Å². The first kappa shape index (κ1) is 21.4. The van der Waals surface area contributed by atoms with Gasteiger partial charge in [-0.1, -0.05) is 13.0 Å². The summed E-state index contributed by atoms with van der Waals surface area (Å²) in [4.78, 5) is 34.9. The summed E-state index contributed by atoms with van der Waals surface area (Å²) >= 11 is 0. The van der Waals surface area contributed by atoms with Crippen molar-refractivity contribution in [2.24, 2.45) is 0 Å². The van der Waals surface area contributed by atoms with Crippen molar-refractivity contribution in [3.8, 4) is 11.5 Å². The molecular weight excluding hydrogens is 396 g/mol. The van der Waals surface area contributed by atoms with Crippen molar-refractivity contribution in [1.29, 1.82) is 0 Å². The standard InChI is InChI=1S/C22H21F2NO5/c1-4-13-9-16(7-5-14(13)10-19-20(27)25-21(28)30-19)29-18-8-6-15(22(3,23)24)11-17(18)12(2)26/h5-9,11,19H,4,10H2,1-3H3,(H,25,27,28). The molecule has 0 saturated carbocycles. The number of hydrogen-bond donors (Lipinski definition) is 1. The van der Waals surface area contributed by atoms with E-state index in [1.54, 1.807) is 18.2 Å². The zero-order valence-electron chi connectivity index (χ0n) is 16.8. The second-order valence-corrected chi connectivity index (χ2v) is 7.13. The molecule has 8 heteroatoms. The summed E-state index contributed by atoms with van der Waals surface area (Å²) in [6.07, 6.45) is -0.807. The minimum absolute atomic E-state index is 0.0608. The minimum atomic E-state index is -3.07. The first-order chi connectivity index (χ1) is 14.1. The number of alkyl halides is 2. The molecule has 1 N–H and O–H groups in total. The number of carbonyl (C=O) groups excluding carboxylic acids is 3. The topological polar surface area (TPSA) is 81.7 Å². The highest BCUT2D eigenvalue weighted by molar-refractivity contribution is 6.00. The van der Waals surface area contributed by atoms with Crippen LogP contribution >= 0.6 is 0 Å². The lowest BCUT2D eigenvalue weighted by Crippen LogP contribution is -2.26. The Bertz CT molecular complexity index is 1010. The van der Waals surface area contributed by atoms with Gasteiger partial charge >= 0.3 is 6.09 Å². The van der Waals surface area contributed by atoms with E-state index in [9.17, 15) is 23.2 Å². The first-order valence-electron chi connectivity index (χ1n) is 9.43. The quantitative estimate of drug-likeness (QED) is 0.670. The van der Waals surface area contributed by atoms with E-state index in [4.69, 9.17) is 9.47 Å². The fraction of sp³-hybridized carbons (Fsp3) is 0.318. The van der Waals surface area contributed by atoms with Gasteiger partial charge in [0.05, 0.1) is 5.56 Å². The lowest BCUT2D eigenvalue weighted by molar-refractivity contribution is -0.123. The minimum Gasteiger partial charge on any atom is -0.457 e. The lowest BCUT2D eigenvalue weighted by atomic mass is 9.99. The molecule has 1 saturated heterocycles. The Balaban J connectivity index is 1.86. The Morgan fingerprint density at radius 1 is 1.17 bits per heavy atom. The van der Waals surface area contributed by atoms with Crippen molar-refractivity contribution in [2.75, 3.05) is 0 Å². The fourth-order valence-corrected chi connectivity index (χ4v) is 3.22. The molecule has 1 aliphatic heterocycles. The Morgan fingerprint density at radius 2 is 1.90 bits per heavy atom. The summed E-state index contributed by atoms with van der Waals surface area (Å²) in [5.74, 6) is -3.36. The van der Waals surface area contributed by atoms with Crippen molar-refractivity contribution in [3.63, 3.8) is 0 Å². The number of carbonyl (C=O) groups is 3. The number of cyclic esters (lactones) is 1. The average molecular weight is 417 g/mol. The maximum absolute atomic E-state index is 13.6. The van der Waals surface area contributed by atoms with Gasteiger partial charge in [0.2, 0.25) is 0 Å². The molecule has 0 radical (unpaired) electrons. The predicted molar refractivity (Wildman–Crippen MR) is 104 cm³/mol. The van der Waals surface area contributed by atoms with Crippen LogP contribution in [0, 0.1) is 0 Å². The molecule has 1 aliphatic rings. The third-order valence-electron chi connectivity index (χ3n) is 4.82. The van der Waals surface area contributed by atoms with Crippen LogP contribution in [0.5, 0.6) is 11.5 Å². The van der Waals surface area contributed by atoms with Gasteiger partial charge < -0.3 is 9.47 Å². The van der Waals surface area contributed by atoms with Crippen LogP contribution in [0.25, 0.3) is 0 Å². The van der Waals surface area contributed by atoms with E-state index < -0.39 is 29.8 Å². The van der Waals surface area contributed by atoms with Gasteiger partial charge in [0.15, 0.2) is 11.9 Å². The second-order valence-electron chi connectivity index (χ2n) is 7.13. The molecule has 2 aromatic rings. The van der Waals surface area contributed by atoms with Gasteiger partial charge in [-0.3, -0.25) is 14.9 Å². The summed E-state index contributed by atoms with van der Waals surface area (Å²) in [6.45, 7) is 3.97. The van der Waals surface area contributed by atoms with Crippen LogP contribution in [-0.2, 0) is 28.3 Å². The van der Waals surface area contributed by atoms with Gasteiger partial charge in [-0.25, -0.2) is 13.6 Å². The molecule has 2 aromatic carbocycles. The number of imide groups is 1. The van der Waals surface area contributed by atoms with Crippen molar-refractivity contribution < 1.29 is 32.6 Å². The van der Waals surface area contributed by atoms with Crippen molar-refractivity contribution in [2.45, 2.75) is 45.6 Å². The molecule has 0 aromatic heterocycles. The van der Waals surface area contributed by atoms with Crippen LogP contribution < -0.4 is 10.1 Å². The predicted octanol–water partition coefficient (Wildman–Crippen LogP) is 4.53. The summed E-state index contributed by atoms with van der Waals surface area (Å²) in [7, 11) is 0. The van der Waals surface area contributed by atoms with E-state index in [1.165, 1.54) is 19.1 Å². The van der Waals surface area contributed by atoms with Crippen LogP contribution in [0.3, 0.4) is 0 Å². The lowest BCUT2D eigenvalue weighted by Gasteiger charge is -2.16. The molecule has 1 atom stereocenters. The summed E-state index contributed by atoms with van der Waals surface area (Å²) < 4.78 is 38.0. The highest BCUT2D eigenvalue weighted by Crippen LogP contribution is 2.34. The second kappa shape index (κ2) is 8.22. The molecule has 1 heterocycles. The number of hydrogen-bond acceptors (Lipinski definition) is 5. The monoisotopic (exact) mass is 417 g/mol. The van der Waals surface area contributed by atoms with Crippen LogP contribution in [0.2, 0.25) is 0 Å². The van der Waals surface area contributed by atoms with Gasteiger partial charge in [0.25, 0.3) is 11.8 Å². The van der Waals surface area contributed by atoms with E-state index in [-0.39, 0.29) is 23.3 Å². The number of benzene rings is 2. The molecule has 6 nitrogen and oxygen atoms in total. The van der Waals surface area contributed by atoms with Crippen molar-refractivity contribution in [3.05, 3.63) is 58.7 Å². The Labute approximate surface area is 172 Å². The Morgan fingerprint density at radius 3 is 2.47 bits per heavy atom. The van der Waals surface area contributed by atoms with Crippen molar-refractivity contribution in [1.82, 2.24) is 5.32 Å². The number of alkyl carbamates (subject to hydrolysis) is 1. The van der Waals surface area contributed by atoms with Crippen LogP contribution in [0.4, 0.5) is 13.6 Å². The van der Waals surface area contributed by atoms with E-state index in [1.807, 2.05) is 6.92 Å². The number of halogens is 2. The third-order valence-corrected chi connectivity index (χ3v) is 4.82. The van der Waals surface area contributed by atoms with E-state index >= 15 is 0 Å². The number of nitrogens with one attached hydrogen (secondary N) is 1. The third kappa shape index (κ3) is 4.64. The average Bonchev–Trinajstić information content (AvgIpc) is 2.99. The van der Waals surface area contributed by atoms with Gasteiger partial charge in [-0.2, -0.15) is 0 Å². The number of ketones is 1. The molecule has 3 rings (SSSR count). The van der Waals surface area contributed by atoms with E-state index in [0.29, 0.717) is 12.2 Å². The van der Waals surface area contributed by atoms with Crippen molar-refractivity contribution >= 4 is 17.8 Å². The van der Waals surface area contributed by atoms with Gasteiger partial charge in [0.1, 0.15) is 11.5 Å². The molecule has 0 spiro atoms. The van der Waals surface area contributed by atoms with E-state index in [0.717, 1.165) is 24.1 Å². The fourth-order valence-electron chi connectivity index (χ4n) is 3.22. The smallest absolute Gasteiger partial charge is 0.414 e. The number of aryl methyl sites for hydroxylation is 1. The molecule has 1 fully saturated rings. The van der Waals surface area contributed by atoms with Crippen LogP contribution in [0.15, 0.2) is 36.4 Å². The Kier molecular flexibility index (Phi) is 5.87. The highest BCUT2D eigenvalue weighted by atomic mass is 19.3. The molecule has 0 aliphatic carbocycles. The maximum atomic E-state index is 13.6. The summed E-state index contributed by atoms with van der Waals surface area (Å²) in [5, 5.41) is 2.09. The SMILES string of the molecule is CCc1cc(Oc2ccc(C(C)(F)F)cc2C(C)=O)ccc1CC1OC(=O)NC1=O. The maximum Gasteiger partial charge on any atom is 0.414 e. The zero-order valence-corrected chi connectivity index (χ0v) is 16.8. The zero-order chi connectivity index (χ0) is 22.1. The summed E-state index contributed by atoms with van der Waals surface area (Å²) in [6, 6.07) is 8.86. The highest BCUT2D eigenvalue weighted by Gasteiger charge is 2.32. The van der Waals surface area contributed by atoms with Gasteiger partial charge in [0, 0.05) is 18.9 Å². The molecule has 1 unspecified atom stereocenters. The molecule has 30 heavy (non-hydrogen) atoms.